The number of anilines is 4. The van der Waals surface area contributed by atoms with Crippen LogP contribution >= 0.6 is 11.6 Å². The lowest BCUT2D eigenvalue weighted by Crippen LogP contribution is -2.15. The number of nitrogens with zero attached hydrogens (tertiary/aromatic N) is 3. The van der Waals surface area contributed by atoms with Crippen molar-refractivity contribution >= 4 is 40.3 Å². The monoisotopic (exact) mass is 399 g/mol. The fourth-order valence-corrected chi connectivity index (χ4v) is 2.87. The first-order valence-corrected chi connectivity index (χ1v) is 8.67. The van der Waals surface area contributed by atoms with Crippen LogP contribution in [0, 0.1) is 10.1 Å². The number of aromatic nitrogens is 2. The Morgan fingerprint density at radius 2 is 1.71 bits per heavy atom. The zero-order valence-corrected chi connectivity index (χ0v) is 15.1. The van der Waals surface area contributed by atoms with E-state index in [1.54, 1.807) is 42.5 Å². The van der Waals surface area contributed by atoms with Crippen molar-refractivity contribution in [3.05, 3.63) is 63.9 Å². The number of fused-ring (bicyclic) bond motifs is 1. The summed E-state index contributed by atoms with van der Waals surface area (Å²) in [5.74, 6) is 1.23. The summed E-state index contributed by atoms with van der Waals surface area (Å²) in [7, 11) is 0. The fraction of sp³-hybridized carbons (Fsp3) is 0.111. The molecule has 0 saturated heterocycles. The molecule has 0 saturated carbocycles. The molecule has 0 amide bonds. The lowest BCUT2D eigenvalue weighted by atomic mass is 10.2. The van der Waals surface area contributed by atoms with Crippen molar-refractivity contribution in [2.24, 2.45) is 0 Å². The predicted molar refractivity (Wildman–Crippen MR) is 104 cm³/mol. The lowest BCUT2D eigenvalue weighted by molar-refractivity contribution is -0.383. The molecule has 1 aromatic heterocycles. The van der Waals surface area contributed by atoms with E-state index in [0.29, 0.717) is 41.1 Å². The molecule has 0 atom stereocenters. The highest BCUT2D eigenvalue weighted by atomic mass is 35.5. The summed E-state index contributed by atoms with van der Waals surface area (Å²) in [6.07, 6.45) is 1.23. The molecule has 0 spiro atoms. The summed E-state index contributed by atoms with van der Waals surface area (Å²) in [6, 6.07) is 12.0. The first-order valence-electron chi connectivity index (χ1n) is 8.29. The second-order valence-corrected chi connectivity index (χ2v) is 6.17. The van der Waals surface area contributed by atoms with Gasteiger partial charge in [0, 0.05) is 11.8 Å². The average Bonchev–Trinajstić information content (AvgIpc) is 2.69. The van der Waals surface area contributed by atoms with Gasteiger partial charge in [-0.25, -0.2) is 9.97 Å². The van der Waals surface area contributed by atoms with Crippen molar-refractivity contribution in [1.29, 1.82) is 0 Å². The molecule has 2 aromatic carbocycles. The predicted octanol–water partition coefficient (Wildman–Crippen LogP) is 4.30. The Balaban J connectivity index is 1.68. The van der Waals surface area contributed by atoms with Crippen LogP contribution in [0.15, 0.2) is 48.8 Å². The molecule has 2 N–H and O–H groups in total. The topological polar surface area (TPSA) is 111 Å². The Morgan fingerprint density at radius 1 is 1.00 bits per heavy atom. The third kappa shape index (κ3) is 3.60. The van der Waals surface area contributed by atoms with Crippen LogP contribution in [-0.2, 0) is 0 Å². The molecule has 1 aliphatic rings. The number of nitrogens with one attached hydrogen (secondary N) is 2. The minimum Gasteiger partial charge on any atom is -0.486 e. The van der Waals surface area contributed by atoms with Crippen molar-refractivity contribution in [3.8, 4) is 11.5 Å². The minimum atomic E-state index is -0.556. The quantitative estimate of drug-likeness (QED) is 0.482. The summed E-state index contributed by atoms with van der Waals surface area (Å²) in [5, 5.41) is 18.0. The van der Waals surface area contributed by atoms with Gasteiger partial charge in [-0.15, -0.1) is 0 Å². The Labute approximate surface area is 164 Å². The molecule has 3 aromatic rings. The van der Waals surface area contributed by atoms with Gasteiger partial charge in [0.15, 0.2) is 11.5 Å². The van der Waals surface area contributed by atoms with Crippen LogP contribution in [0.5, 0.6) is 11.5 Å². The molecule has 0 radical (unpaired) electrons. The van der Waals surface area contributed by atoms with Gasteiger partial charge in [-0.2, -0.15) is 0 Å². The highest BCUT2D eigenvalue weighted by molar-refractivity contribution is 6.33. The Morgan fingerprint density at radius 3 is 2.46 bits per heavy atom. The molecule has 0 aliphatic carbocycles. The normalized spacial score (nSPS) is 12.3. The SMILES string of the molecule is O=[N+]([O-])c1c(Nc2ccc3c(c2)OCCO3)ncnc1Nc1ccccc1Cl. The molecule has 0 bridgehead atoms. The van der Waals surface area contributed by atoms with Crippen LogP contribution in [0.25, 0.3) is 0 Å². The minimum absolute atomic E-state index is 0.0214. The van der Waals surface area contributed by atoms with Gasteiger partial charge < -0.3 is 20.1 Å². The molecule has 0 fully saturated rings. The van der Waals surface area contributed by atoms with Gasteiger partial charge in [0.1, 0.15) is 19.5 Å². The Kier molecular flexibility index (Phi) is 4.81. The second-order valence-electron chi connectivity index (χ2n) is 5.76. The van der Waals surface area contributed by atoms with E-state index >= 15 is 0 Å². The molecular formula is C18H14ClN5O4. The second kappa shape index (κ2) is 7.57. The molecule has 1 aliphatic heterocycles. The third-order valence-electron chi connectivity index (χ3n) is 3.94. The lowest BCUT2D eigenvalue weighted by Gasteiger charge is -2.19. The highest BCUT2D eigenvalue weighted by Crippen LogP contribution is 2.37. The van der Waals surface area contributed by atoms with E-state index in [1.165, 1.54) is 6.33 Å². The number of benzene rings is 2. The van der Waals surface area contributed by atoms with Crippen molar-refractivity contribution in [1.82, 2.24) is 9.97 Å². The van der Waals surface area contributed by atoms with Crippen LogP contribution in [0.4, 0.5) is 28.7 Å². The molecule has 28 heavy (non-hydrogen) atoms. The average molecular weight is 400 g/mol. The van der Waals surface area contributed by atoms with Gasteiger partial charge in [-0.3, -0.25) is 10.1 Å². The first-order chi connectivity index (χ1) is 13.6. The van der Waals surface area contributed by atoms with E-state index in [-0.39, 0.29) is 17.3 Å². The largest absolute Gasteiger partial charge is 0.486 e. The third-order valence-corrected chi connectivity index (χ3v) is 4.27. The summed E-state index contributed by atoms with van der Waals surface area (Å²) in [5.41, 5.74) is 0.753. The first kappa shape index (κ1) is 17.8. The Bertz CT molecular complexity index is 1050. The number of hydrogen-bond donors (Lipinski definition) is 2. The summed E-state index contributed by atoms with van der Waals surface area (Å²) >= 11 is 6.13. The van der Waals surface area contributed by atoms with Gasteiger partial charge in [-0.1, -0.05) is 23.7 Å². The van der Waals surface area contributed by atoms with Crippen LogP contribution in [0.3, 0.4) is 0 Å². The van der Waals surface area contributed by atoms with Crippen LogP contribution in [0.1, 0.15) is 0 Å². The van der Waals surface area contributed by atoms with E-state index in [9.17, 15) is 10.1 Å². The number of halogens is 1. The highest BCUT2D eigenvalue weighted by Gasteiger charge is 2.24. The van der Waals surface area contributed by atoms with Gasteiger partial charge >= 0.3 is 5.69 Å². The van der Waals surface area contributed by atoms with Gasteiger partial charge in [-0.05, 0) is 24.3 Å². The Hall–Kier alpha value is -3.59. The number of nitro groups is 1. The number of hydrogen-bond acceptors (Lipinski definition) is 8. The van der Waals surface area contributed by atoms with E-state index in [1.807, 2.05) is 0 Å². The van der Waals surface area contributed by atoms with Crippen LogP contribution < -0.4 is 20.1 Å². The molecule has 2 heterocycles. The van der Waals surface area contributed by atoms with Gasteiger partial charge in [0.2, 0.25) is 11.6 Å². The van der Waals surface area contributed by atoms with E-state index < -0.39 is 4.92 Å². The number of rotatable bonds is 5. The van der Waals surface area contributed by atoms with Crippen molar-refractivity contribution < 1.29 is 14.4 Å². The molecule has 0 unspecified atom stereocenters. The van der Waals surface area contributed by atoms with Crippen LogP contribution in [-0.4, -0.2) is 28.1 Å². The summed E-state index contributed by atoms with van der Waals surface area (Å²) < 4.78 is 11.0. The smallest absolute Gasteiger partial charge is 0.353 e. The van der Waals surface area contributed by atoms with E-state index in [4.69, 9.17) is 21.1 Å². The van der Waals surface area contributed by atoms with Crippen molar-refractivity contribution in [2.75, 3.05) is 23.8 Å². The number of ether oxygens (including phenoxy) is 2. The maximum absolute atomic E-state index is 11.7. The standard InChI is InChI=1S/C18H14ClN5O4/c19-12-3-1-2-4-13(12)23-18-16(24(25)26)17(20-10-21-18)22-11-5-6-14-15(9-11)28-8-7-27-14/h1-6,9-10H,7-8H2,(H2,20,21,22,23). The molecule has 9 nitrogen and oxygen atoms in total. The van der Waals surface area contributed by atoms with E-state index in [2.05, 4.69) is 20.6 Å². The molecule has 10 heteroatoms. The maximum atomic E-state index is 11.7. The summed E-state index contributed by atoms with van der Waals surface area (Å²) in [4.78, 5) is 19.2. The summed E-state index contributed by atoms with van der Waals surface area (Å²) in [6.45, 7) is 0.921. The molecule has 4 rings (SSSR count). The zero-order chi connectivity index (χ0) is 19.5. The van der Waals surface area contributed by atoms with Crippen LogP contribution in [0.2, 0.25) is 5.02 Å². The molecule has 142 valence electrons. The van der Waals surface area contributed by atoms with E-state index in [0.717, 1.165) is 0 Å². The van der Waals surface area contributed by atoms with Crippen molar-refractivity contribution in [3.63, 3.8) is 0 Å². The number of para-hydroxylation sites is 1. The molecular weight excluding hydrogens is 386 g/mol. The van der Waals surface area contributed by atoms with Crippen molar-refractivity contribution in [2.45, 2.75) is 0 Å². The maximum Gasteiger partial charge on any atom is 0.353 e. The fourth-order valence-electron chi connectivity index (χ4n) is 2.68. The van der Waals surface area contributed by atoms with Gasteiger partial charge in [0.25, 0.3) is 0 Å². The van der Waals surface area contributed by atoms with Gasteiger partial charge in [0.05, 0.1) is 15.6 Å². The zero-order valence-electron chi connectivity index (χ0n) is 14.4.